The molecule has 1 N–H and O–H groups in total. The van der Waals surface area contributed by atoms with Crippen molar-refractivity contribution in [2.45, 2.75) is 25.7 Å². The van der Waals surface area contributed by atoms with E-state index in [9.17, 15) is 4.79 Å². The fourth-order valence-corrected chi connectivity index (χ4v) is 2.97. The number of aromatic nitrogens is 2. The maximum Gasteiger partial charge on any atom is 0.347 e. The highest BCUT2D eigenvalue weighted by atomic mass is 32.1. The number of aryl methyl sites for hydroxylation is 1. The van der Waals surface area contributed by atoms with Crippen molar-refractivity contribution in [3.63, 3.8) is 0 Å². The third-order valence-electron chi connectivity index (χ3n) is 2.73. The van der Waals surface area contributed by atoms with E-state index in [-0.39, 0.29) is 0 Å². The number of nitrogens with zero attached hydrogens (tertiary/aromatic N) is 2. The van der Waals surface area contributed by atoms with Gasteiger partial charge in [-0.25, -0.2) is 9.78 Å². The average Bonchev–Trinajstić information content (AvgIpc) is 2.85. The Morgan fingerprint density at radius 3 is 3.00 bits per heavy atom. The molecule has 1 saturated carbocycles. The number of thiazole rings is 1. The van der Waals surface area contributed by atoms with Crippen molar-refractivity contribution >= 4 is 22.3 Å². The lowest BCUT2D eigenvalue weighted by atomic mass is 10.2. The highest BCUT2D eigenvalue weighted by Gasteiger charge is 2.33. The number of hydrogen-bond acceptors (Lipinski definition) is 3. The van der Waals surface area contributed by atoms with Crippen molar-refractivity contribution in [2.75, 3.05) is 0 Å². The smallest absolute Gasteiger partial charge is 0.347 e. The summed E-state index contributed by atoms with van der Waals surface area (Å²) in [5.41, 5.74) is 1.98. The van der Waals surface area contributed by atoms with Gasteiger partial charge in [-0.1, -0.05) is 11.3 Å². The maximum atomic E-state index is 11.1. The second-order valence-electron chi connectivity index (χ2n) is 3.91. The Balaban J connectivity index is 2.35. The molecule has 2 aromatic heterocycles. The van der Waals surface area contributed by atoms with E-state index in [4.69, 9.17) is 5.11 Å². The van der Waals surface area contributed by atoms with Crippen molar-refractivity contribution in [1.29, 1.82) is 0 Å². The SMILES string of the molecule is Cc1cnc2sc(C(=O)O)c(C3CC3)n12. The molecule has 0 spiro atoms. The van der Waals surface area contributed by atoms with Gasteiger partial charge in [-0.15, -0.1) is 0 Å². The van der Waals surface area contributed by atoms with Gasteiger partial charge in [0.05, 0.1) is 5.69 Å². The molecule has 2 aromatic rings. The zero-order valence-electron chi connectivity index (χ0n) is 8.23. The van der Waals surface area contributed by atoms with Crippen LogP contribution in [0.5, 0.6) is 0 Å². The van der Waals surface area contributed by atoms with E-state index in [1.165, 1.54) is 11.3 Å². The van der Waals surface area contributed by atoms with Gasteiger partial charge in [0.15, 0.2) is 4.96 Å². The number of carbonyl (C=O) groups is 1. The molecule has 1 aliphatic carbocycles. The summed E-state index contributed by atoms with van der Waals surface area (Å²) in [4.78, 5) is 16.6. The second kappa shape index (κ2) is 2.82. The average molecular weight is 222 g/mol. The van der Waals surface area contributed by atoms with Crippen molar-refractivity contribution in [3.05, 3.63) is 22.5 Å². The van der Waals surface area contributed by atoms with Crippen LogP contribution in [0, 0.1) is 6.92 Å². The molecule has 0 saturated heterocycles. The largest absolute Gasteiger partial charge is 0.477 e. The van der Waals surface area contributed by atoms with Gasteiger partial charge in [0.25, 0.3) is 0 Å². The maximum absolute atomic E-state index is 11.1. The zero-order valence-corrected chi connectivity index (χ0v) is 9.04. The van der Waals surface area contributed by atoms with Crippen molar-refractivity contribution in [2.24, 2.45) is 0 Å². The van der Waals surface area contributed by atoms with Gasteiger partial charge in [0.2, 0.25) is 0 Å². The van der Waals surface area contributed by atoms with Crippen LogP contribution >= 0.6 is 11.3 Å². The number of hydrogen-bond donors (Lipinski definition) is 1. The molecule has 0 atom stereocenters. The van der Waals surface area contributed by atoms with E-state index in [0.29, 0.717) is 10.8 Å². The van der Waals surface area contributed by atoms with Crippen LogP contribution in [0.4, 0.5) is 0 Å². The molecule has 0 amide bonds. The molecular weight excluding hydrogens is 212 g/mol. The molecule has 0 radical (unpaired) electrons. The molecule has 2 heterocycles. The second-order valence-corrected chi connectivity index (χ2v) is 4.89. The highest BCUT2D eigenvalue weighted by molar-refractivity contribution is 7.19. The van der Waals surface area contributed by atoms with Crippen molar-refractivity contribution < 1.29 is 9.90 Å². The zero-order chi connectivity index (χ0) is 10.6. The van der Waals surface area contributed by atoms with Gasteiger partial charge >= 0.3 is 5.97 Å². The van der Waals surface area contributed by atoms with Crippen LogP contribution in [0.3, 0.4) is 0 Å². The van der Waals surface area contributed by atoms with Crippen LogP contribution in [0.2, 0.25) is 0 Å². The Bertz CT molecular complexity index is 551. The summed E-state index contributed by atoms with van der Waals surface area (Å²) in [6.07, 6.45) is 4.00. The molecule has 0 bridgehead atoms. The normalized spacial score (nSPS) is 16.1. The van der Waals surface area contributed by atoms with Gasteiger partial charge in [0, 0.05) is 17.8 Å². The lowest BCUT2D eigenvalue weighted by molar-refractivity contribution is 0.0700. The summed E-state index contributed by atoms with van der Waals surface area (Å²) in [6, 6.07) is 0. The first kappa shape index (κ1) is 8.91. The lowest BCUT2D eigenvalue weighted by Gasteiger charge is -1.99. The molecule has 1 aliphatic rings. The molecule has 0 aromatic carbocycles. The fraction of sp³-hybridized carbons (Fsp3) is 0.400. The molecule has 0 unspecified atom stereocenters. The Morgan fingerprint density at radius 1 is 1.67 bits per heavy atom. The first-order valence-corrected chi connectivity index (χ1v) is 5.70. The summed E-state index contributed by atoms with van der Waals surface area (Å²) in [6.45, 7) is 1.96. The third-order valence-corrected chi connectivity index (χ3v) is 3.79. The summed E-state index contributed by atoms with van der Waals surface area (Å²) in [5, 5.41) is 9.12. The Hall–Kier alpha value is -1.36. The quantitative estimate of drug-likeness (QED) is 0.848. The fourth-order valence-electron chi connectivity index (χ4n) is 1.90. The van der Waals surface area contributed by atoms with Crippen LogP contribution in [-0.4, -0.2) is 20.5 Å². The molecule has 1 fully saturated rings. The van der Waals surface area contributed by atoms with Crippen LogP contribution in [0.1, 0.15) is 39.8 Å². The number of imidazole rings is 1. The van der Waals surface area contributed by atoms with Crippen LogP contribution in [-0.2, 0) is 0 Å². The van der Waals surface area contributed by atoms with Crippen molar-refractivity contribution in [3.8, 4) is 0 Å². The summed E-state index contributed by atoms with van der Waals surface area (Å²) in [5.74, 6) is -0.399. The van der Waals surface area contributed by atoms with E-state index in [1.807, 2.05) is 11.3 Å². The number of carboxylic acids is 1. The molecule has 4 nitrogen and oxygen atoms in total. The Kier molecular flexibility index (Phi) is 1.68. The van der Waals surface area contributed by atoms with Crippen LogP contribution in [0.15, 0.2) is 6.20 Å². The molecule has 5 heteroatoms. The lowest BCUT2D eigenvalue weighted by Crippen LogP contribution is -2.00. The van der Waals surface area contributed by atoms with E-state index < -0.39 is 5.97 Å². The minimum atomic E-state index is -0.827. The van der Waals surface area contributed by atoms with Gasteiger partial charge in [-0.05, 0) is 19.8 Å². The van der Waals surface area contributed by atoms with Gasteiger partial charge < -0.3 is 5.11 Å². The topological polar surface area (TPSA) is 54.6 Å². The predicted molar refractivity (Wildman–Crippen MR) is 56.7 cm³/mol. The Labute approximate surface area is 90.2 Å². The monoisotopic (exact) mass is 222 g/mol. The predicted octanol–water partition coefficient (Wildman–Crippen LogP) is 2.28. The van der Waals surface area contributed by atoms with Gasteiger partial charge in [0.1, 0.15) is 4.88 Å². The minimum Gasteiger partial charge on any atom is -0.477 e. The van der Waals surface area contributed by atoms with Crippen LogP contribution < -0.4 is 0 Å². The number of carboxylic acid groups (broad SMARTS) is 1. The highest BCUT2D eigenvalue weighted by Crippen LogP contribution is 2.44. The first-order chi connectivity index (χ1) is 7.18. The van der Waals surface area contributed by atoms with E-state index in [2.05, 4.69) is 4.98 Å². The molecule has 78 valence electrons. The number of aromatic carboxylic acids is 1. The van der Waals surface area contributed by atoms with Gasteiger partial charge in [-0.2, -0.15) is 0 Å². The molecule has 0 aliphatic heterocycles. The number of rotatable bonds is 2. The van der Waals surface area contributed by atoms with E-state index in [1.54, 1.807) is 6.20 Å². The Morgan fingerprint density at radius 2 is 2.40 bits per heavy atom. The van der Waals surface area contributed by atoms with Crippen LogP contribution in [0.25, 0.3) is 4.96 Å². The van der Waals surface area contributed by atoms with Crippen molar-refractivity contribution in [1.82, 2.24) is 9.38 Å². The molecular formula is C10H10N2O2S. The number of fused-ring (bicyclic) bond motifs is 1. The molecule has 3 rings (SSSR count). The van der Waals surface area contributed by atoms with Gasteiger partial charge in [-0.3, -0.25) is 4.40 Å². The van der Waals surface area contributed by atoms with E-state index in [0.717, 1.165) is 29.2 Å². The summed E-state index contributed by atoms with van der Waals surface area (Å²) in [7, 11) is 0. The minimum absolute atomic E-state index is 0.428. The van der Waals surface area contributed by atoms with E-state index >= 15 is 0 Å². The summed E-state index contributed by atoms with van der Waals surface area (Å²) >= 11 is 1.27. The first-order valence-electron chi connectivity index (χ1n) is 4.88. The molecule has 15 heavy (non-hydrogen) atoms. The summed E-state index contributed by atoms with van der Waals surface area (Å²) < 4.78 is 1.99. The standard InChI is InChI=1S/C10H10N2O2S/c1-5-4-11-10-12(5)7(6-2-3-6)8(15-10)9(13)14/h4,6H,2-3H2,1H3,(H,13,14). The third kappa shape index (κ3) is 1.19.